The summed E-state index contributed by atoms with van der Waals surface area (Å²) in [5.74, 6) is 0.237. The molecule has 2 unspecified atom stereocenters. The van der Waals surface area contributed by atoms with Gasteiger partial charge in [0.2, 0.25) is 5.91 Å². The van der Waals surface area contributed by atoms with Crippen LogP contribution in [0.3, 0.4) is 0 Å². The van der Waals surface area contributed by atoms with Gasteiger partial charge in [0.15, 0.2) is 5.13 Å². The first-order valence-electron chi connectivity index (χ1n) is 7.17. The van der Waals surface area contributed by atoms with E-state index in [1.807, 2.05) is 31.2 Å². The van der Waals surface area contributed by atoms with Gasteiger partial charge in [0.05, 0.1) is 22.9 Å². The van der Waals surface area contributed by atoms with Crippen molar-refractivity contribution in [2.75, 3.05) is 25.0 Å². The summed E-state index contributed by atoms with van der Waals surface area (Å²) in [6, 6.07) is 7.84. The molecule has 1 aromatic heterocycles. The molecule has 0 spiro atoms. The Bertz CT molecular complexity index is 608. The van der Waals surface area contributed by atoms with Crippen molar-refractivity contribution in [2.24, 2.45) is 5.92 Å². The summed E-state index contributed by atoms with van der Waals surface area (Å²) in [5, 5.41) is 13.1. The van der Waals surface area contributed by atoms with E-state index < -0.39 is 0 Å². The highest BCUT2D eigenvalue weighted by atomic mass is 32.1. The molecule has 2 N–H and O–H groups in total. The lowest BCUT2D eigenvalue weighted by Gasteiger charge is -2.16. The van der Waals surface area contributed by atoms with E-state index in [2.05, 4.69) is 15.2 Å². The standard InChI is InChI=1S/C15H19N3O2S/c1-10(19)11-6-7-18(8-11)9-14(20)17-15-16-12-4-2-3-5-13(12)21-15/h2-5,10-11,19H,6-9H2,1H3,(H,16,17,20). The van der Waals surface area contributed by atoms with E-state index >= 15 is 0 Å². The van der Waals surface area contributed by atoms with Gasteiger partial charge in [0.25, 0.3) is 0 Å². The Morgan fingerprint density at radius 3 is 3.10 bits per heavy atom. The van der Waals surface area contributed by atoms with E-state index in [1.165, 1.54) is 11.3 Å². The number of nitrogens with one attached hydrogen (secondary N) is 1. The molecular formula is C15H19N3O2S. The molecule has 0 saturated carbocycles. The Kier molecular flexibility index (Phi) is 4.19. The third-order valence-electron chi connectivity index (χ3n) is 3.90. The highest BCUT2D eigenvalue weighted by Crippen LogP contribution is 2.25. The summed E-state index contributed by atoms with van der Waals surface area (Å²) in [6.45, 7) is 3.82. The lowest BCUT2D eigenvalue weighted by atomic mass is 10.0. The first kappa shape index (κ1) is 14.4. The van der Waals surface area contributed by atoms with Crippen molar-refractivity contribution < 1.29 is 9.90 Å². The largest absolute Gasteiger partial charge is 0.393 e. The van der Waals surface area contributed by atoms with Crippen molar-refractivity contribution in [1.29, 1.82) is 0 Å². The van der Waals surface area contributed by atoms with Crippen LogP contribution >= 0.6 is 11.3 Å². The third kappa shape index (κ3) is 3.40. The molecule has 1 aromatic carbocycles. The molecule has 21 heavy (non-hydrogen) atoms. The van der Waals surface area contributed by atoms with Crippen LogP contribution in [0.4, 0.5) is 5.13 Å². The molecule has 1 aliphatic heterocycles. The molecule has 0 bridgehead atoms. The Morgan fingerprint density at radius 2 is 2.38 bits per heavy atom. The third-order valence-corrected chi connectivity index (χ3v) is 4.85. The first-order chi connectivity index (χ1) is 10.1. The normalized spacial score (nSPS) is 20.8. The molecule has 112 valence electrons. The van der Waals surface area contributed by atoms with E-state index in [9.17, 15) is 9.90 Å². The number of likely N-dealkylation sites (tertiary alicyclic amines) is 1. The minimum atomic E-state index is -0.303. The Morgan fingerprint density at radius 1 is 1.57 bits per heavy atom. The fraction of sp³-hybridized carbons (Fsp3) is 0.467. The summed E-state index contributed by atoms with van der Waals surface area (Å²) in [5.41, 5.74) is 0.910. The van der Waals surface area contributed by atoms with Crippen molar-refractivity contribution in [3.8, 4) is 0 Å². The lowest BCUT2D eigenvalue weighted by molar-refractivity contribution is -0.117. The number of aromatic nitrogens is 1. The number of amides is 1. The van der Waals surface area contributed by atoms with E-state index in [0.717, 1.165) is 29.7 Å². The molecular weight excluding hydrogens is 286 g/mol. The fourth-order valence-corrected chi connectivity index (χ4v) is 3.57. The Labute approximate surface area is 127 Å². The van der Waals surface area contributed by atoms with Crippen LogP contribution in [0.15, 0.2) is 24.3 Å². The zero-order chi connectivity index (χ0) is 14.8. The zero-order valence-electron chi connectivity index (χ0n) is 12.0. The molecule has 5 nitrogen and oxygen atoms in total. The maximum atomic E-state index is 12.1. The van der Waals surface area contributed by atoms with E-state index in [1.54, 1.807) is 0 Å². The van der Waals surface area contributed by atoms with Crippen LogP contribution in [-0.4, -0.2) is 46.6 Å². The second-order valence-electron chi connectivity index (χ2n) is 5.56. The van der Waals surface area contributed by atoms with Gasteiger partial charge < -0.3 is 10.4 Å². The number of fused-ring (bicyclic) bond motifs is 1. The number of carbonyl (C=O) groups is 1. The SMILES string of the molecule is CC(O)C1CCN(CC(=O)Nc2nc3ccccc3s2)C1. The fourth-order valence-electron chi connectivity index (χ4n) is 2.69. The van der Waals surface area contributed by atoms with Crippen molar-refractivity contribution in [1.82, 2.24) is 9.88 Å². The molecule has 1 fully saturated rings. The number of anilines is 1. The molecule has 2 heterocycles. The van der Waals surface area contributed by atoms with Gasteiger partial charge in [-0.15, -0.1) is 0 Å². The summed E-state index contributed by atoms with van der Waals surface area (Å²) in [4.78, 5) is 18.6. The highest BCUT2D eigenvalue weighted by Gasteiger charge is 2.27. The van der Waals surface area contributed by atoms with Crippen LogP contribution in [-0.2, 0) is 4.79 Å². The summed E-state index contributed by atoms with van der Waals surface area (Å²) in [7, 11) is 0. The van der Waals surface area contributed by atoms with Gasteiger partial charge >= 0.3 is 0 Å². The van der Waals surface area contributed by atoms with Gasteiger partial charge in [-0.1, -0.05) is 23.5 Å². The zero-order valence-corrected chi connectivity index (χ0v) is 12.8. The number of benzene rings is 1. The van der Waals surface area contributed by atoms with Crippen LogP contribution in [0, 0.1) is 5.92 Å². The van der Waals surface area contributed by atoms with Gasteiger partial charge in [-0.25, -0.2) is 4.98 Å². The number of nitrogens with zero attached hydrogens (tertiary/aromatic N) is 2. The quantitative estimate of drug-likeness (QED) is 0.906. The molecule has 2 aromatic rings. The number of aliphatic hydroxyl groups excluding tert-OH is 1. The van der Waals surface area contributed by atoms with Gasteiger partial charge in [-0.05, 0) is 37.9 Å². The van der Waals surface area contributed by atoms with Crippen molar-refractivity contribution in [3.63, 3.8) is 0 Å². The molecule has 6 heteroatoms. The van der Waals surface area contributed by atoms with Crippen LogP contribution in [0.25, 0.3) is 10.2 Å². The van der Waals surface area contributed by atoms with Gasteiger partial charge in [0.1, 0.15) is 0 Å². The molecule has 0 aliphatic carbocycles. The van der Waals surface area contributed by atoms with E-state index in [4.69, 9.17) is 0 Å². The number of para-hydroxylation sites is 1. The van der Waals surface area contributed by atoms with Crippen molar-refractivity contribution in [2.45, 2.75) is 19.4 Å². The number of hydrogen-bond donors (Lipinski definition) is 2. The minimum Gasteiger partial charge on any atom is -0.393 e. The summed E-state index contributed by atoms with van der Waals surface area (Å²) >= 11 is 1.49. The monoisotopic (exact) mass is 305 g/mol. The topological polar surface area (TPSA) is 65.5 Å². The second-order valence-corrected chi connectivity index (χ2v) is 6.59. The maximum absolute atomic E-state index is 12.1. The Hall–Kier alpha value is -1.50. The van der Waals surface area contributed by atoms with Crippen LogP contribution in [0.2, 0.25) is 0 Å². The number of hydrogen-bond acceptors (Lipinski definition) is 5. The maximum Gasteiger partial charge on any atom is 0.240 e. The first-order valence-corrected chi connectivity index (χ1v) is 7.99. The van der Waals surface area contributed by atoms with E-state index in [0.29, 0.717) is 11.7 Å². The van der Waals surface area contributed by atoms with Gasteiger partial charge in [-0.2, -0.15) is 0 Å². The lowest BCUT2D eigenvalue weighted by Crippen LogP contribution is -2.32. The number of aliphatic hydroxyl groups is 1. The molecule has 3 rings (SSSR count). The summed E-state index contributed by atoms with van der Waals surface area (Å²) in [6.07, 6.45) is 0.647. The predicted molar refractivity (Wildman–Crippen MR) is 84.5 cm³/mol. The number of carbonyl (C=O) groups excluding carboxylic acids is 1. The molecule has 0 radical (unpaired) electrons. The van der Waals surface area contributed by atoms with Gasteiger partial charge in [-0.3, -0.25) is 9.69 Å². The highest BCUT2D eigenvalue weighted by molar-refractivity contribution is 7.22. The van der Waals surface area contributed by atoms with Crippen LogP contribution in [0.5, 0.6) is 0 Å². The average Bonchev–Trinajstić information content (AvgIpc) is 3.04. The van der Waals surface area contributed by atoms with Crippen LogP contribution in [0.1, 0.15) is 13.3 Å². The van der Waals surface area contributed by atoms with Crippen LogP contribution < -0.4 is 5.32 Å². The molecule has 1 saturated heterocycles. The smallest absolute Gasteiger partial charge is 0.240 e. The molecule has 1 aliphatic rings. The molecule has 2 atom stereocenters. The van der Waals surface area contributed by atoms with Crippen molar-refractivity contribution >= 4 is 32.6 Å². The van der Waals surface area contributed by atoms with Gasteiger partial charge in [0, 0.05) is 6.54 Å². The minimum absolute atomic E-state index is 0.0414. The average molecular weight is 305 g/mol. The van der Waals surface area contributed by atoms with E-state index in [-0.39, 0.29) is 17.9 Å². The number of thiazole rings is 1. The van der Waals surface area contributed by atoms with Crippen molar-refractivity contribution in [3.05, 3.63) is 24.3 Å². The molecule has 1 amide bonds. The second kappa shape index (κ2) is 6.09. The number of rotatable bonds is 4. The summed E-state index contributed by atoms with van der Waals surface area (Å²) < 4.78 is 1.07. The predicted octanol–water partition coefficient (Wildman–Crippen LogP) is 1.94. The Balaban J connectivity index is 1.57.